The lowest BCUT2D eigenvalue weighted by atomic mass is 9.52. The summed E-state index contributed by atoms with van der Waals surface area (Å²) in [5.74, 6) is -45.7. The summed E-state index contributed by atoms with van der Waals surface area (Å²) in [7, 11) is 0. The molecule has 1 aliphatic carbocycles. The Morgan fingerprint density at radius 3 is 1.81 bits per heavy atom. The fraction of sp³-hybridized carbons (Fsp3) is 0.370. The maximum absolute atomic E-state index is 15.9. The number of hydrogen-bond acceptors (Lipinski definition) is 32. The third kappa shape index (κ3) is 6.59. The van der Waals surface area contributed by atoms with E-state index in [-0.39, 0.29) is 0 Å². The molecule has 6 heterocycles. The maximum Gasteiger partial charge on any atom is 0.344 e. The first kappa shape index (κ1) is 51.5. The van der Waals surface area contributed by atoms with Gasteiger partial charge in [0.2, 0.25) is 35.4 Å². The zero-order chi connectivity index (χ0) is 56.6. The number of fused-ring (bicyclic) bond motifs is 4. The Bertz CT molecular complexity index is 3370. The Labute approximate surface area is 429 Å². The third-order valence-electron chi connectivity index (χ3n) is 14.8. The molecule has 1 spiro atoms. The highest BCUT2D eigenvalue weighted by Gasteiger charge is 2.88. The van der Waals surface area contributed by atoms with Crippen LogP contribution >= 0.6 is 0 Å². The van der Waals surface area contributed by atoms with E-state index in [1.807, 2.05) is 0 Å². The van der Waals surface area contributed by atoms with E-state index in [0.717, 1.165) is 0 Å². The second kappa shape index (κ2) is 16.5. The van der Waals surface area contributed by atoms with E-state index in [1.165, 1.54) is 0 Å². The molecule has 18 N–H and O–H groups in total. The zero-order valence-corrected chi connectivity index (χ0v) is 38.5. The molecule has 11 rings (SSSR count). The molecule has 0 amide bonds. The fourth-order valence-electron chi connectivity index (χ4n) is 11.1. The quantitative estimate of drug-likeness (QED) is 0.0398. The molecule has 4 fully saturated rings. The van der Waals surface area contributed by atoms with E-state index in [1.54, 1.807) is 0 Å². The number of phenolic OH excluding ortho intramolecular Hbond substituents is 11. The SMILES string of the molecule is O=C(OC1OC2COC(=O)c3cc(O)c(O)c(O)c3-c3c(cc(O)c(O)c3O)C(=O)OC3C2OC(=O)C24CC5(O)OCC(O)C5OC2C(O)(O)C(O)(O)C2(O)Oc5c(O)c(O)cc(c5C42)C(=O)OC13)c1ccc(O)c(O)c1O. The van der Waals surface area contributed by atoms with Gasteiger partial charge in [0, 0.05) is 23.1 Å². The number of hydrogen-bond donors (Lipinski definition) is 18. The monoisotopic (exact) mass is 1100 g/mol. The average Bonchev–Trinajstić information content (AvgIpc) is 4.04. The first-order valence-electron chi connectivity index (χ1n) is 22.5. The molecule has 414 valence electrons. The number of carbonyl (C=O) groups excluding carboxylic acids is 5. The summed E-state index contributed by atoms with van der Waals surface area (Å²) in [6, 6.07) is 2.37. The van der Waals surface area contributed by atoms with Crippen molar-refractivity contribution >= 4 is 29.8 Å². The highest BCUT2D eigenvalue weighted by atomic mass is 16.8. The molecule has 12 unspecified atom stereocenters. The number of aliphatic hydroxyl groups excluding tert-OH is 1. The molecule has 0 aromatic heterocycles. The van der Waals surface area contributed by atoms with Gasteiger partial charge in [-0.25, -0.2) is 19.2 Å². The van der Waals surface area contributed by atoms with Crippen molar-refractivity contribution in [3.63, 3.8) is 0 Å². The number of ether oxygens (including phenoxy) is 9. The van der Waals surface area contributed by atoms with Crippen LogP contribution in [0.3, 0.4) is 0 Å². The zero-order valence-electron chi connectivity index (χ0n) is 38.5. The lowest BCUT2D eigenvalue weighted by Crippen LogP contribution is -2.86. The van der Waals surface area contributed by atoms with Crippen LogP contribution < -0.4 is 4.74 Å². The second-order valence-electron chi connectivity index (χ2n) is 19.1. The normalized spacial score (nSPS) is 32.9. The van der Waals surface area contributed by atoms with Gasteiger partial charge in [-0.2, -0.15) is 0 Å². The van der Waals surface area contributed by atoms with Crippen LogP contribution in [0.4, 0.5) is 0 Å². The molecule has 12 atom stereocenters. The Morgan fingerprint density at radius 2 is 1.17 bits per heavy atom. The van der Waals surface area contributed by atoms with Gasteiger partial charge in [0.05, 0.1) is 29.2 Å². The van der Waals surface area contributed by atoms with Gasteiger partial charge >= 0.3 is 29.8 Å². The van der Waals surface area contributed by atoms with Crippen LogP contribution in [0.1, 0.15) is 59.3 Å². The number of rotatable bonds is 2. The molecule has 7 aliphatic rings. The molecule has 4 aromatic rings. The lowest BCUT2D eigenvalue weighted by Gasteiger charge is -2.63. The van der Waals surface area contributed by atoms with Crippen LogP contribution in [0.2, 0.25) is 0 Å². The van der Waals surface area contributed by atoms with Gasteiger partial charge in [-0.1, -0.05) is 0 Å². The maximum atomic E-state index is 15.9. The second-order valence-corrected chi connectivity index (χ2v) is 19.1. The lowest BCUT2D eigenvalue weighted by molar-refractivity contribution is -0.508. The molecule has 32 heteroatoms. The largest absolute Gasteiger partial charge is 0.504 e. The summed E-state index contributed by atoms with van der Waals surface area (Å²) in [4.78, 5) is 74.3. The summed E-state index contributed by atoms with van der Waals surface area (Å²) < 4.78 is 51.2. The summed E-state index contributed by atoms with van der Waals surface area (Å²) in [5, 5.41) is 201. The van der Waals surface area contributed by atoms with Crippen molar-refractivity contribution in [3.05, 3.63) is 58.1 Å². The molecule has 1 saturated carbocycles. The van der Waals surface area contributed by atoms with Crippen LogP contribution in [-0.4, -0.2) is 207 Å². The highest BCUT2D eigenvalue weighted by Crippen LogP contribution is 2.71. The predicted molar refractivity (Wildman–Crippen MR) is 231 cm³/mol. The molecular weight excluding hydrogens is 1060 g/mol. The third-order valence-corrected chi connectivity index (χ3v) is 14.8. The van der Waals surface area contributed by atoms with Crippen molar-refractivity contribution in [2.24, 2.45) is 5.41 Å². The van der Waals surface area contributed by atoms with Crippen LogP contribution in [0, 0.1) is 5.41 Å². The van der Waals surface area contributed by atoms with Gasteiger partial charge in [-0.15, -0.1) is 0 Å². The van der Waals surface area contributed by atoms with Crippen LogP contribution in [0.15, 0.2) is 30.3 Å². The molecule has 4 aromatic carbocycles. The van der Waals surface area contributed by atoms with Crippen LogP contribution in [0.25, 0.3) is 11.1 Å². The summed E-state index contributed by atoms with van der Waals surface area (Å²) in [5.41, 5.74) is -11.7. The predicted octanol–water partition coefficient (Wildman–Crippen LogP) is -3.69. The van der Waals surface area contributed by atoms with E-state index < -0.39 is 241 Å². The Kier molecular flexibility index (Phi) is 10.9. The topological polar surface area (TPSA) is 533 Å². The number of carbonyl (C=O) groups is 5. The summed E-state index contributed by atoms with van der Waals surface area (Å²) in [6.45, 7) is -2.35. The minimum atomic E-state index is -4.63. The van der Waals surface area contributed by atoms with Crippen LogP contribution in [-0.2, 0) is 42.7 Å². The van der Waals surface area contributed by atoms with Crippen molar-refractivity contribution in [3.8, 4) is 80.1 Å². The van der Waals surface area contributed by atoms with Crippen molar-refractivity contribution in [1.82, 2.24) is 0 Å². The van der Waals surface area contributed by atoms with E-state index in [4.69, 9.17) is 42.6 Å². The van der Waals surface area contributed by atoms with Gasteiger partial charge in [0.15, 0.2) is 64.0 Å². The van der Waals surface area contributed by atoms with E-state index >= 15 is 9.59 Å². The van der Waals surface area contributed by atoms with Crippen molar-refractivity contribution in [2.75, 3.05) is 13.2 Å². The minimum absolute atomic E-state index is 0.308. The number of aromatic hydroxyl groups is 11. The van der Waals surface area contributed by atoms with E-state index in [2.05, 4.69) is 0 Å². The number of cyclic esters (lactones) is 1. The van der Waals surface area contributed by atoms with Gasteiger partial charge in [-0.3, -0.25) is 4.79 Å². The van der Waals surface area contributed by atoms with E-state index in [9.17, 15) is 106 Å². The van der Waals surface area contributed by atoms with Crippen LogP contribution in [0.5, 0.6) is 69.0 Å². The van der Waals surface area contributed by atoms with Crippen molar-refractivity contribution in [1.29, 1.82) is 0 Å². The first-order chi connectivity index (χ1) is 36.4. The Hall–Kier alpha value is -8.57. The molecular formula is C46H38O32. The van der Waals surface area contributed by atoms with Crippen molar-refractivity contribution < 1.29 is 159 Å². The van der Waals surface area contributed by atoms with Gasteiger partial charge < -0.3 is 135 Å². The highest BCUT2D eigenvalue weighted by molar-refractivity contribution is 6.08. The fourth-order valence-corrected chi connectivity index (χ4v) is 11.1. The van der Waals surface area contributed by atoms with Gasteiger partial charge in [-0.05, 0) is 30.3 Å². The number of esters is 5. The molecule has 32 nitrogen and oxygen atoms in total. The van der Waals surface area contributed by atoms with E-state index in [0.29, 0.717) is 30.3 Å². The Balaban J connectivity index is 1.19. The molecule has 4 bridgehead atoms. The molecule has 78 heavy (non-hydrogen) atoms. The van der Waals surface area contributed by atoms with Crippen molar-refractivity contribution in [2.45, 2.75) is 84.5 Å². The summed E-state index contributed by atoms with van der Waals surface area (Å²) >= 11 is 0. The number of phenols is 11. The smallest absolute Gasteiger partial charge is 0.344 e. The standard InChI is InChI=1S/C46H38O32/c47-13-2-1-9(22(52)23(13)53)36(60)77-39-32-31-29(18(72-39)7-70-35(59)10-3-14(48)24(54)27(57)19(10)20-11(37(61)73-31)4-15(49)25(55)28(20)58)75-41(63)42-8-43(64)34(17(51)6-71-43)76-40(42)44(65,66)46(68,69)45(67)33(42)21-12(38(62)74-32)5-16(50)26(56)30(21)78-45/h1-5,17-18,29,31-34,39-40,47-58,64-69H,6-8H2. The minimum Gasteiger partial charge on any atom is -0.504 e. The first-order valence-corrected chi connectivity index (χ1v) is 22.5. The number of benzene rings is 4. The molecule has 0 radical (unpaired) electrons. The molecule has 3 saturated heterocycles. The van der Waals surface area contributed by atoms with Gasteiger partial charge in [0.1, 0.15) is 42.0 Å². The number of aliphatic hydroxyl groups is 7. The Morgan fingerprint density at radius 1 is 0.603 bits per heavy atom. The average molecular weight is 1100 g/mol. The van der Waals surface area contributed by atoms with Gasteiger partial charge in [0.25, 0.3) is 17.4 Å². The summed E-state index contributed by atoms with van der Waals surface area (Å²) in [6.07, 6.45) is -22.3. The molecule has 6 aliphatic heterocycles.